The molecule has 0 aliphatic rings. The first-order valence-electron chi connectivity index (χ1n) is 12.5. The van der Waals surface area contributed by atoms with Gasteiger partial charge < -0.3 is 24.2 Å². The maximum atomic E-state index is 12.0. The average Bonchev–Trinajstić information content (AvgIpc) is 2.64. The quantitative estimate of drug-likeness (QED) is 0.165. The van der Waals surface area contributed by atoms with E-state index in [4.69, 9.17) is 4.74 Å². The lowest BCUT2D eigenvalue weighted by molar-refractivity contribution is -0.873. The van der Waals surface area contributed by atoms with Gasteiger partial charge in [0.25, 0.3) is 0 Å². The highest BCUT2D eigenvalue weighted by atomic mass is 16.5. The molecule has 2 atom stereocenters. The Labute approximate surface area is 190 Å². The Morgan fingerprint density at radius 2 is 1.32 bits per heavy atom. The van der Waals surface area contributed by atoms with Crippen LogP contribution in [0.15, 0.2) is 0 Å². The van der Waals surface area contributed by atoms with Crippen molar-refractivity contribution in [3.8, 4) is 0 Å². The summed E-state index contributed by atoms with van der Waals surface area (Å²) in [6, 6.07) is 0. The summed E-state index contributed by atoms with van der Waals surface area (Å²) in [6.07, 6.45) is 14.9. The third-order valence-electron chi connectivity index (χ3n) is 5.50. The van der Waals surface area contributed by atoms with Gasteiger partial charge in [-0.25, -0.2) is 0 Å². The number of carboxylic acids is 1. The van der Waals surface area contributed by atoms with E-state index < -0.39 is 12.1 Å². The van der Waals surface area contributed by atoms with Gasteiger partial charge in [0.1, 0.15) is 6.54 Å². The van der Waals surface area contributed by atoms with Gasteiger partial charge in [-0.15, -0.1) is 0 Å². The topological polar surface area (TPSA) is 86.7 Å². The summed E-state index contributed by atoms with van der Waals surface area (Å²) in [5, 5.41) is 20.9. The van der Waals surface area contributed by atoms with E-state index in [1.54, 1.807) is 0 Å². The van der Waals surface area contributed by atoms with Crippen LogP contribution in [0, 0.1) is 0 Å². The second kappa shape index (κ2) is 18.4. The Bertz CT molecular complexity index is 461. The molecule has 0 amide bonds. The van der Waals surface area contributed by atoms with Crippen LogP contribution in [-0.4, -0.2) is 61.4 Å². The third kappa shape index (κ3) is 21.9. The van der Waals surface area contributed by atoms with Crippen LogP contribution in [0.4, 0.5) is 0 Å². The number of hydrogen-bond donors (Lipinski definition) is 1. The van der Waals surface area contributed by atoms with Gasteiger partial charge in [0.05, 0.1) is 27.2 Å². The van der Waals surface area contributed by atoms with E-state index in [2.05, 4.69) is 6.92 Å². The maximum Gasteiger partial charge on any atom is 0.306 e. The first kappa shape index (κ1) is 29.9. The van der Waals surface area contributed by atoms with Crippen LogP contribution in [0.1, 0.15) is 110 Å². The molecule has 0 aromatic rings. The van der Waals surface area contributed by atoms with Crippen molar-refractivity contribution in [3.05, 3.63) is 0 Å². The minimum Gasteiger partial charge on any atom is -0.550 e. The Hall–Kier alpha value is -1.14. The Morgan fingerprint density at radius 1 is 0.839 bits per heavy atom. The predicted octanol–water partition coefficient (Wildman–Crippen LogP) is 3.98. The summed E-state index contributed by atoms with van der Waals surface area (Å²) in [7, 11) is 5.81. The number of aliphatic hydroxyl groups excluding tert-OH is 1. The van der Waals surface area contributed by atoms with Crippen LogP contribution in [-0.2, 0) is 14.3 Å². The number of aliphatic carboxylic acids is 1. The van der Waals surface area contributed by atoms with Crippen LogP contribution in [0.3, 0.4) is 0 Å². The maximum absolute atomic E-state index is 12.0. The molecule has 0 radical (unpaired) electrons. The first-order chi connectivity index (χ1) is 14.6. The molecule has 184 valence electrons. The fraction of sp³-hybridized carbons (Fsp3) is 0.920. The molecule has 6 heteroatoms. The minimum atomic E-state index is -1.19. The van der Waals surface area contributed by atoms with Crippen LogP contribution in [0.25, 0.3) is 0 Å². The molecule has 0 fully saturated rings. The highest BCUT2D eigenvalue weighted by Crippen LogP contribution is 2.15. The van der Waals surface area contributed by atoms with Crippen molar-refractivity contribution in [2.45, 2.75) is 122 Å². The molecule has 0 saturated heterocycles. The van der Waals surface area contributed by atoms with Crippen LogP contribution < -0.4 is 5.11 Å². The summed E-state index contributed by atoms with van der Waals surface area (Å²) in [5.41, 5.74) is 0. The zero-order chi connectivity index (χ0) is 23.5. The van der Waals surface area contributed by atoms with Gasteiger partial charge >= 0.3 is 5.97 Å². The van der Waals surface area contributed by atoms with Crippen LogP contribution in [0.2, 0.25) is 0 Å². The van der Waals surface area contributed by atoms with Gasteiger partial charge in [-0.05, 0) is 19.3 Å². The van der Waals surface area contributed by atoms with Gasteiger partial charge in [0.2, 0.25) is 0 Å². The zero-order valence-corrected chi connectivity index (χ0v) is 20.7. The highest BCUT2D eigenvalue weighted by Gasteiger charge is 2.22. The molecule has 0 heterocycles. The van der Waals surface area contributed by atoms with E-state index in [0.29, 0.717) is 17.4 Å². The van der Waals surface area contributed by atoms with Gasteiger partial charge in [-0.1, -0.05) is 77.6 Å². The zero-order valence-electron chi connectivity index (χ0n) is 20.7. The number of carbonyl (C=O) groups is 2. The van der Waals surface area contributed by atoms with Crippen molar-refractivity contribution in [1.29, 1.82) is 0 Å². The molecule has 0 bridgehead atoms. The smallest absolute Gasteiger partial charge is 0.306 e. The molecule has 0 spiro atoms. The number of ether oxygens (including phenoxy) is 1. The number of carbonyl (C=O) groups excluding carboxylic acids is 2. The minimum absolute atomic E-state index is 0.120. The van der Waals surface area contributed by atoms with Gasteiger partial charge in [-0.2, -0.15) is 0 Å². The van der Waals surface area contributed by atoms with Gasteiger partial charge in [-0.3, -0.25) is 4.79 Å². The van der Waals surface area contributed by atoms with E-state index in [0.717, 1.165) is 44.9 Å². The molecule has 0 aliphatic carbocycles. The number of hydrogen-bond acceptors (Lipinski definition) is 5. The number of likely N-dealkylation sites (N-methyl/N-ethyl adjacent to an activating group) is 1. The number of carboxylic acid groups (broad SMARTS) is 1. The van der Waals surface area contributed by atoms with Crippen molar-refractivity contribution in [2.24, 2.45) is 0 Å². The molecule has 0 rings (SSSR count). The van der Waals surface area contributed by atoms with E-state index in [1.165, 1.54) is 44.9 Å². The fourth-order valence-corrected chi connectivity index (χ4v) is 3.85. The average molecular weight is 444 g/mol. The lowest BCUT2D eigenvalue weighted by atomic mass is 10.0. The van der Waals surface area contributed by atoms with Crippen LogP contribution in [0.5, 0.6) is 0 Å². The molecule has 0 aromatic heterocycles. The van der Waals surface area contributed by atoms with Gasteiger partial charge in [0, 0.05) is 18.8 Å². The molecular weight excluding hydrogens is 394 g/mol. The number of esters is 1. The van der Waals surface area contributed by atoms with Crippen molar-refractivity contribution in [1.82, 2.24) is 0 Å². The summed E-state index contributed by atoms with van der Waals surface area (Å²) >= 11 is 0. The van der Waals surface area contributed by atoms with E-state index in [-0.39, 0.29) is 18.5 Å². The standard InChI is InChI=1S/C25H49NO5/c1-5-6-7-14-17-22(27)18-15-12-10-8-9-11-13-16-19-25(30)31-23(20-24(28)29)21-26(2,3)4/h22-23,27H,5-21H2,1-4H3. The van der Waals surface area contributed by atoms with Crippen molar-refractivity contribution in [3.63, 3.8) is 0 Å². The molecule has 2 unspecified atom stereocenters. The van der Waals surface area contributed by atoms with Crippen molar-refractivity contribution in [2.75, 3.05) is 27.7 Å². The summed E-state index contributed by atoms with van der Waals surface area (Å²) < 4.78 is 5.90. The summed E-state index contributed by atoms with van der Waals surface area (Å²) in [4.78, 5) is 22.9. The first-order valence-corrected chi connectivity index (χ1v) is 12.5. The van der Waals surface area contributed by atoms with E-state index >= 15 is 0 Å². The Balaban J connectivity index is 3.64. The lowest BCUT2D eigenvalue weighted by Crippen LogP contribution is -2.45. The lowest BCUT2D eigenvalue weighted by Gasteiger charge is -2.29. The van der Waals surface area contributed by atoms with E-state index in [1.807, 2.05) is 21.1 Å². The summed E-state index contributed by atoms with van der Waals surface area (Å²) in [6.45, 7) is 2.66. The number of unbranched alkanes of at least 4 members (excludes halogenated alkanes) is 10. The monoisotopic (exact) mass is 443 g/mol. The number of rotatable bonds is 21. The second-order valence-corrected chi connectivity index (χ2v) is 10.0. The summed E-state index contributed by atoms with van der Waals surface area (Å²) in [5.74, 6) is -1.50. The molecule has 0 saturated carbocycles. The number of aliphatic hydroxyl groups is 1. The van der Waals surface area contributed by atoms with Gasteiger partial charge in [0.15, 0.2) is 6.10 Å². The second-order valence-electron chi connectivity index (χ2n) is 10.0. The molecule has 1 N–H and O–H groups in total. The SMILES string of the molecule is CCCCCCC(O)CCCCCCCCCCC(=O)OC(CC(=O)[O-])C[N+](C)(C)C. The molecule has 31 heavy (non-hydrogen) atoms. The Kier molecular flexibility index (Phi) is 17.8. The van der Waals surface area contributed by atoms with Crippen LogP contribution >= 0.6 is 0 Å². The number of nitrogens with zero attached hydrogens (tertiary/aromatic N) is 1. The molecule has 6 nitrogen and oxygen atoms in total. The van der Waals surface area contributed by atoms with Crippen molar-refractivity contribution >= 4 is 11.9 Å². The number of quaternary nitrogens is 1. The van der Waals surface area contributed by atoms with E-state index in [9.17, 15) is 19.8 Å². The largest absolute Gasteiger partial charge is 0.550 e. The normalized spacial score (nSPS) is 13.7. The molecule has 0 aromatic carbocycles. The van der Waals surface area contributed by atoms with Crippen molar-refractivity contribution < 1.29 is 29.0 Å². The molecule has 0 aliphatic heterocycles. The third-order valence-corrected chi connectivity index (χ3v) is 5.50. The fourth-order valence-electron chi connectivity index (χ4n) is 3.85. The molecular formula is C25H49NO5. The Morgan fingerprint density at radius 3 is 1.81 bits per heavy atom. The highest BCUT2D eigenvalue weighted by molar-refractivity contribution is 5.70. The predicted molar refractivity (Wildman–Crippen MR) is 123 cm³/mol.